The molecule has 2 N–H and O–H groups in total. The van der Waals surface area contributed by atoms with Crippen molar-refractivity contribution in [2.75, 3.05) is 13.1 Å². The fourth-order valence-electron chi connectivity index (χ4n) is 2.67. The van der Waals surface area contributed by atoms with E-state index in [2.05, 4.69) is 0 Å². The number of likely N-dealkylation sites (tertiary alicyclic amines) is 1. The second-order valence-corrected chi connectivity index (χ2v) is 5.58. The minimum Gasteiger partial charge on any atom is -0.332 e. The van der Waals surface area contributed by atoms with Gasteiger partial charge >= 0.3 is 0 Å². The molecule has 1 saturated heterocycles. The van der Waals surface area contributed by atoms with Gasteiger partial charge in [0.05, 0.1) is 5.54 Å². The van der Waals surface area contributed by atoms with Crippen molar-refractivity contribution < 1.29 is 9.18 Å². The van der Waals surface area contributed by atoms with Gasteiger partial charge < -0.3 is 10.6 Å². The van der Waals surface area contributed by atoms with Gasteiger partial charge in [0.25, 0.3) is 5.91 Å². The van der Waals surface area contributed by atoms with E-state index < -0.39 is 0 Å². The van der Waals surface area contributed by atoms with Gasteiger partial charge in [0, 0.05) is 18.7 Å². The van der Waals surface area contributed by atoms with Gasteiger partial charge in [-0.25, -0.2) is 4.39 Å². The Kier molecular flexibility index (Phi) is 3.90. The predicted octanol–water partition coefficient (Wildman–Crippen LogP) is 2.48. The first-order valence-electron chi connectivity index (χ1n) is 6.76. The van der Waals surface area contributed by atoms with Crippen LogP contribution in [-0.2, 0) is 0 Å². The molecule has 3 nitrogen and oxygen atoms in total. The largest absolute Gasteiger partial charge is 0.332 e. The standard InChI is InChI=1S/C15H21FN2O/c1-11-9-12(5-6-13(11)16)14(19)18-8-4-3-7-15(18,2)10-17/h5-6,9H,3-4,7-8,10,17H2,1-2H3. The summed E-state index contributed by atoms with van der Waals surface area (Å²) >= 11 is 0. The van der Waals surface area contributed by atoms with Crippen molar-refractivity contribution in [3.63, 3.8) is 0 Å². The Morgan fingerprint density at radius 3 is 2.84 bits per heavy atom. The number of rotatable bonds is 2. The van der Waals surface area contributed by atoms with Crippen LogP contribution < -0.4 is 5.73 Å². The van der Waals surface area contributed by atoms with E-state index in [0.29, 0.717) is 17.7 Å². The number of hydrogen-bond donors (Lipinski definition) is 1. The average Bonchev–Trinajstić information content (AvgIpc) is 2.41. The molecule has 2 rings (SSSR count). The molecule has 1 aliphatic heterocycles. The predicted molar refractivity (Wildman–Crippen MR) is 73.5 cm³/mol. The van der Waals surface area contributed by atoms with Gasteiger partial charge in [0.2, 0.25) is 0 Å². The summed E-state index contributed by atoms with van der Waals surface area (Å²) in [6.07, 6.45) is 3.02. The third kappa shape index (κ3) is 2.63. The summed E-state index contributed by atoms with van der Waals surface area (Å²) in [5.74, 6) is -0.326. The highest BCUT2D eigenvalue weighted by atomic mass is 19.1. The van der Waals surface area contributed by atoms with E-state index in [1.807, 2.05) is 11.8 Å². The minimum absolute atomic E-state index is 0.0456. The van der Waals surface area contributed by atoms with E-state index in [9.17, 15) is 9.18 Å². The number of nitrogens with two attached hydrogens (primary N) is 1. The molecule has 1 amide bonds. The van der Waals surface area contributed by atoms with E-state index in [0.717, 1.165) is 25.8 Å². The fraction of sp³-hybridized carbons (Fsp3) is 0.533. The molecule has 0 saturated carbocycles. The highest BCUT2D eigenvalue weighted by molar-refractivity contribution is 5.95. The van der Waals surface area contributed by atoms with Crippen molar-refractivity contribution in [1.29, 1.82) is 0 Å². The number of piperidine rings is 1. The third-order valence-electron chi connectivity index (χ3n) is 4.09. The number of nitrogens with zero attached hydrogens (tertiary/aromatic N) is 1. The van der Waals surface area contributed by atoms with Crippen LogP contribution in [-0.4, -0.2) is 29.4 Å². The summed E-state index contributed by atoms with van der Waals surface area (Å²) in [6, 6.07) is 4.52. The van der Waals surface area contributed by atoms with Gasteiger partial charge in [-0.15, -0.1) is 0 Å². The highest BCUT2D eigenvalue weighted by Gasteiger charge is 2.36. The molecule has 0 aromatic heterocycles. The second-order valence-electron chi connectivity index (χ2n) is 5.58. The van der Waals surface area contributed by atoms with E-state index in [1.165, 1.54) is 6.07 Å². The number of benzene rings is 1. The van der Waals surface area contributed by atoms with Crippen LogP contribution >= 0.6 is 0 Å². The van der Waals surface area contributed by atoms with E-state index in [4.69, 9.17) is 5.73 Å². The quantitative estimate of drug-likeness (QED) is 0.892. The summed E-state index contributed by atoms with van der Waals surface area (Å²) in [4.78, 5) is 14.4. The monoisotopic (exact) mass is 264 g/mol. The summed E-state index contributed by atoms with van der Waals surface area (Å²) in [5, 5.41) is 0. The van der Waals surface area contributed by atoms with Gasteiger partial charge in [-0.3, -0.25) is 4.79 Å². The summed E-state index contributed by atoms with van der Waals surface area (Å²) in [7, 11) is 0. The number of aryl methyl sites for hydroxylation is 1. The van der Waals surface area contributed by atoms with Crippen molar-refractivity contribution in [3.8, 4) is 0 Å². The lowest BCUT2D eigenvalue weighted by atomic mass is 9.87. The first-order valence-corrected chi connectivity index (χ1v) is 6.76. The molecule has 1 atom stereocenters. The topological polar surface area (TPSA) is 46.3 Å². The molecule has 1 aliphatic rings. The number of hydrogen-bond acceptors (Lipinski definition) is 2. The van der Waals surface area contributed by atoms with Crippen LogP contribution in [0.25, 0.3) is 0 Å². The first-order chi connectivity index (χ1) is 8.98. The van der Waals surface area contributed by atoms with Gasteiger partial charge in [-0.05, 0) is 56.9 Å². The van der Waals surface area contributed by atoms with Crippen molar-refractivity contribution in [2.45, 2.75) is 38.6 Å². The van der Waals surface area contributed by atoms with Gasteiger partial charge in [-0.2, -0.15) is 0 Å². The van der Waals surface area contributed by atoms with Crippen LogP contribution in [0.4, 0.5) is 4.39 Å². The molecule has 1 fully saturated rings. The van der Waals surface area contributed by atoms with Gasteiger partial charge in [0.15, 0.2) is 0 Å². The molecule has 1 aromatic rings. The molecular weight excluding hydrogens is 243 g/mol. The minimum atomic E-state index is -0.281. The molecule has 0 bridgehead atoms. The smallest absolute Gasteiger partial charge is 0.254 e. The van der Waals surface area contributed by atoms with Crippen molar-refractivity contribution in [2.24, 2.45) is 5.73 Å². The Bertz CT molecular complexity index is 489. The second kappa shape index (κ2) is 5.29. The van der Waals surface area contributed by atoms with Crippen LogP contribution in [0.1, 0.15) is 42.1 Å². The van der Waals surface area contributed by atoms with Crippen LogP contribution in [0.15, 0.2) is 18.2 Å². The zero-order valence-electron chi connectivity index (χ0n) is 11.6. The molecule has 0 aliphatic carbocycles. The van der Waals surface area contributed by atoms with Crippen LogP contribution in [0.3, 0.4) is 0 Å². The molecular formula is C15H21FN2O. The van der Waals surface area contributed by atoms with Crippen molar-refractivity contribution >= 4 is 5.91 Å². The molecule has 0 spiro atoms. The van der Waals surface area contributed by atoms with Crippen LogP contribution in [0.5, 0.6) is 0 Å². The SMILES string of the molecule is Cc1cc(C(=O)N2CCCCC2(C)CN)ccc1F. The first kappa shape index (κ1) is 14.0. The maximum Gasteiger partial charge on any atom is 0.254 e. The molecule has 4 heteroatoms. The lowest BCUT2D eigenvalue weighted by Gasteiger charge is -2.44. The molecule has 0 radical (unpaired) electrons. The molecule has 1 aromatic carbocycles. The zero-order valence-corrected chi connectivity index (χ0v) is 11.6. The number of halogens is 1. The summed E-state index contributed by atoms with van der Waals surface area (Å²) < 4.78 is 13.3. The van der Waals surface area contributed by atoms with Crippen LogP contribution in [0.2, 0.25) is 0 Å². The van der Waals surface area contributed by atoms with Gasteiger partial charge in [-0.1, -0.05) is 0 Å². The molecule has 104 valence electrons. The van der Waals surface area contributed by atoms with E-state index in [1.54, 1.807) is 19.1 Å². The molecule has 1 heterocycles. The third-order valence-corrected chi connectivity index (χ3v) is 4.09. The van der Waals surface area contributed by atoms with Gasteiger partial charge in [0.1, 0.15) is 5.82 Å². The average molecular weight is 264 g/mol. The maximum atomic E-state index is 13.3. The lowest BCUT2D eigenvalue weighted by Crippen LogP contribution is -2.56. The highest BCUT2D eigenvalue weighted by Crippen LogP contribution is 2.28. The Morgan fingerprint density at radius 1 is 1.47 bits per heavy atom. The molecule has 1 unspecified atom stereocenters. The number of carbonyl (C=O) groups excluding carboxylic acids is 1. The Morgan fingerprint density at radius 2 is 2.21 bits per heavy atom. The number of carbonyl (C=O) groups is 1. The van der Waals surface area contributed by atoms with Crippen LogP contribution in [0, 0.1) is 12.7 Å². The maximum absolute atomic E-state index is 13.3. The number of amides is 1. The van der Waals surface area contributed by atoms with E-state index in [-0.39, 0.29) is 17.3 Å². The Hall–Kier alpha value is -1.42. The Labute approximate surface area is 113 Å². The zero-order chi connectivity index (χ0) is 14.0. The Balaban J connectivity index is 2.29. The summed E-state index contributed by atoms with van der Waals surface area (Å²) in [6.45, 7) is 4.88. The fourth-order valence-corrected chi connectivity index (χ4v) is 2.67. The van der Waals surface area contributed by atoms with E-state index >= 15 is 0 Å². The summed E-state index contributed by atoms with van der Waals surface area (Å²) in [5.41, 5.74) is 6.60. The lowest BCUT2D eigenvalue weighted by molar-refractivity contribution is 0.0403. The normalized spacial score (nSPS) is 23.5. The van der Waals surface area contributed by atoms with Crippen molar-refractivity contribution in [3.05, 3.63) is 35.1 Å². The molecule has 19 heavy (non-hydrogen) atoms. The van der Waals surface area contributed by atoms with Crippen molar-refractivity contribution in [1.82, 2.24) is 4.90 Å².